The van der Waals surface area contributed by atoms with Crippen molar-refractivity contribution >= 4 is 23.4 Å². The predicted molar refractivity (Wildman–Crippen MR) is 111 cm³/mol. The van der Waals surface area contributed by atoms with Crippen molar-refractivity contribution in [2.45, 2.75) is 13.5 Å². The molecule has 0 radical (unpaired) electrons. The summed E-state index contributed by atoms with van der Waals surface area (Å²) in [6.45, 7) is 3.49. The molecule has 0 saturated heterocycles. The number of anilines is 2. The number of rotatable bonds is 7. The first-order chi connectivity index (χ1) is 14.1. The molecule has 1 amide bonds. The van der Waals surface area contributed by atoms with Gasteiger partial charge in [-0.1, -0.05) is 42.5 Å². The molecule has 0 spiro atoms. The summed E-state index contributed by atoms with van der Waals surface area (Å²) in [7, 11) is 1.29. The summed E-state index contributed by atoms with van der Waals surface area (Å²) in [5.41, 5.74) is 1.95. The molecule has 0 atom stereocenters. The van der Waals surface area contributed by atoms with Crippen LogP contribution in [0.3, 0.4) is 0 Å². The minimum Gasteiger partial charge on any atom is -0.465 e. The zero-order valence-electron chi connectivity index (χ0n) is 16.3. The maximum absolute atomic E-state index is 12.5. The first kappa shape index (κ1) is 20.0. The SMILES string of the molecule is CCN(Cc1ccccc1)c1ccc(C(=O)Nc2ccccc2C(=O)OC)nn1. The van der Waals surface area contributed by atoms with Gasteiger partial charge in [0.05, 0.1) is 18.4 Å². The molecule has 0 unspecified atom stereocenters. The van der Waals surface area contributed by atoms with Gasteiger partial charge in [-0.25, -0.2) is 4.79 Å². The topological polar surface area (TPSA) is 84.4 Å². The van der Waals surface area contributed by atoms with Crippen LogP contribution >= 0.6 is 0 Å². The number of carbonyl (C=O) groups is 2. The highest BCUT2D eigenvalue weighted by molar-refractivity contribution is 6.07. The largest absolute Gasteiger partial charge is 0.465 e. The third-order valence-electron chi connectivity index (χ3n) is 4.39. The van der Waals surface area contributed by atoms with Crippen LogP contribution in [-0.4, -0.2) is 35.7 Å². The summed E-state index contributed by atoms with van der Waals surface area (Å²) in [5.74, 6) is -0.295. The highest BCUT2D eigenvalue weighted by Crippen LogP contribution is 2.18. The number of carbonyl (C=O) groups excluding carboxylic acids is 2. The van der Waals surface area contributed by atoms with Gasteiger partial charge in [-0.2, -0.15) is 0 Å². The Morgan fingerprint density at radius 1 is 0.966 bits per heavy atom. The van der Waals surface area contributed by atoms with Gasteiger partial charge in [0, 0.05) is 13.1 Å². The number of hydrogen-bond acceptors (Lipinski definition) is 6. The van der Waals surface area contributed by atoms with E-state index in [0.29, 0.717) is 18.1 Å². The van der Waals surface area contributed by atoms with Crippen molar-refractivity contribution in [1.82, 2.24) is 10.2 Å². The van der Waals surface area contributed by atoms with E-state index in [9.17, 15) is 9.59 Å². The number of amides is 1. The van der Waals surface area contributed by atoms with Crippen LogP contribution in [0.5, 0.6) is 0 Å². The third kappa shape index (κ3) is 4.95. The fourth-order valence-corrected chi connectivity index (χ4v) is 2.84. The summed E-state index contributed by atoms with van der Waals surface area (Å²) in [5, 5.41) is 11.0. The molecule has 2 aromatic carbocycles. The lowest BCUT2D eigenvalue weighted by molar-refractivity contribution is 0.0602. The number of ether oxygens (including phenoxy) is 1. The Kier molecular flexibility index (Phi) is 6.52. The molecular formula is C22H22N4O3. The van der Waals surface area contributed by atoms with Crippen LogP contribution in [0.25, 0.3) is 0 Å². The third-order valence-corrected chi connectivity index (χ3v) is 4.39. The molecule has 0 bridgehead atoms. The van der Waals surface area contributed by atoms with Gasteiger partial charge >= 0.3 is 5.97 Å². The minimum absolute atomic E-state index is 0.157. The molecule has 0 aliphatic carbocycles. The van der Waals surface area contributed by atoms with Crippen LogP contribution in [0.1, 0.15) is 33.3 Å². The second kappa shape index (κ2) is 9.45. The molecule has 1 aromatic heterocycles. The van der Waals surface area contributed by atoms with E-state index in [1.165, 1.54) is 7.11 Å². The smallest absolute Gasteiger partial charge is 0.339 e. The van der Waals surface area contributed by atoms with E-state index in [2.05, 4.69) is 32.5 Å². The van der Waals surface area contributed by atoms with Crippen LogP contribution in [0.4, 0.5) is 11.5 Å². The summed E-state index contributed by atoms with van der Waals surface area (Å²) in [6.07, 6.45) is 0. The number of esters is 1. The number of benzene rings is 2. The quantitative estimate of drug-likeness (QED) is 0.621. The monoisotopic (exact) mass is 390 g/mol. The number of nitrogens with one attached hydrogen (secondary N) is 1. The second-order valence-corrected chi connectivity index (χ2v) is 6.27. The molecule has 0 aliphatic heterocycles. The van der Waals surface area contributed by atoms with Crippen molar-refractivity contribution in [2.75, 3.05) is 23.9 Å². The highest BCUT2D eigenvalue weighted by Gasteiger charge is 2.16. The zero-order valence-corrected chi connectivity index (χ0v) is 16.3. The van der Waals surface area contributed by atoms with Crippen molar-refractivity contribution in [1.29, 1.82) is 0 Å². The van der Waals surface area contributed by atoms with Gasteiger partial charge < -0.3 is 15.0 Å². The molecule has 29 heavy (non-hydrogen) atoms. The number of nitrogens with zero attached hydrogens (tertiary/aromatic N) is 3. The Morgan fingerprint density at radius 3 is 2.34 bits per heavy atom. The number of methoxy groups -OCH3 is 1. The molecular weight excluding hydrogens is 368 g/mol. The van der Waals surface area contributed by atoms with Crippen molar-refractivity contribution in [3.05, 3.63) is 83.6 Å². The lowest BCUT2D eigenvalue weighted by Gasteiger charge is -2.21. The van der Waals surface area contributed by atoms with E-state index < -0.39 is 11.9 Å². The summed E-state index contributed by atoms with van der Waals surface area (Å²) in [6, 6.07) is 20.1. The average molecular weight is 390 g/mol. The molecule has 0 fully saturated rings. The van der Waals surface area contributed by atoms with Gasteiger partial charge in [-0.05, 0) is 36.8 Å². The van der Waals surface area contributed by atoms with Gasteiger partial charge in [-0.15, -0.1) is 10.2 Å². The van der Waals surface area contributed by atoms with Crippen LogP contribution in [0, 0.1) is 0 Å². The lowest BCUT2D eigenvalue weighted by Crippen LogP contribution is -2.24. The molecule has 1 heterocycles. The normalized spacial score (nSPS) is 10.3. The average Bonchev–Trinajstić information content (AvgIpc) is 2.78. The Bertz CT molecular complexity index is 975. The van der Waals surface area contributed by atoms with E-state index in [1.54, 1.807) is 36.4 Å². The van der Waals surface area contributed by atoms with E-state index >= 15 is 0 Å². The molecule has 3 aromatic rings. The highest BCUT2D eigenvalue weighted by atomic mass is 16.5. The molecule has 148 valence electrons. The first-order valence-electron chi connectivity index (χ1n) is 9.23. The molecule has 1 N–H and O–H groups in total. The van der Waals surface area contributed by atoms with Gasteiger partial charge in [0.1, 0.15) is 0 Å². The van der Waals surface area contributed by atoms with E-state index in [-0.39, 0.29) is 11.3 Å². The van der Waals surface area contributed by atoms with Crippen LogP contribution in [-0.2, 0) is 11.3 Å². The predicted octanol–water partition coefficient (Wildman–Crippen LogP) is 3.54. The Morgan fingerprint density at radius 2 is 1.69 bits per heavy atom. The summed E-state index contributed by atoms with van der Waals surface area (Å²) < 4.78 is 4.74. The van der Waals surface area contributed by atoms with Crippen molar-refractivity contribution in [3.63, 3.8) is 0 Å². The van der Waals surface area contributed by atoms with Gasteiger partial charge in [0.15, 0.2) is 11.5 Å². The van der Waals surface area contributed by atoms with Crippen LogP contribution in [0.2, 0.25) is 0 Å². The van der Waals surface area contributed by atoms with E-state index in [1.807, 2.05) is 25.1 Å². The van der Waals surface area contributed by atoms with Crippen molar-refractivity contribution in [3.8, 4) is 0 Å². The Hall–Kier alpha value is -3.74. The zero-order chi connectivity index (χ0) is 20.6. The Balaban J connectivity index is 1.73. The maximum atomic E-state index is 12.5. The van der Waals surface area contributed by atoms with Crippen molar-refractivity contribution in [2.24, 2.45) is 0 Å². The minimum atomic E-state index is -0.526. The standard InChI is InChI=1S/C22H22N4O3/c1-3-26(15-16-9-5-4-6-10-16)20-14-13-19(24-25-20)21(27)23-18-12-8-7-11-17(18)22(28)29-2/h4-14H,3,15H2,1-2H3,(H,23,27). The summed E-state index contributed by atoms with van der Waals surface area (Å²) >= 11 is 0. The maximum Gasteiger partial charge on any atom is 0.339 e. The number of para-hydroxylation sites is 1. The fraction of sp³-hybridized carbons (Fsp3) is 0.182. The second-order valence-electron chi connectivity index (χ2n) is 6.27. The summed E-state index contributed by atoms with van der Waals surface area (Å²) in [4.78, 5) is 26.5. The first-order valence-corrected chi connectivity index (χ1v) is 9.23. The van der Waals surface area contributed by atoms with Gasteiger partial charge in [-0.3, -0.25) is 4.79 Å². The van der Waals surface area contributed by atoms with E-state index in [4.69, 9.17) is 4.74 Å². The number of aromatic nitrogens is 2. The fourth-order valence-electron chi connectivity index (χ4n) is 2.84. The van der Waals surface area contributed by atoms with Crippen LogP contribution in [0.15, 0.2) is 66.7 Å². The van der Waals surface area contributed by atoms with Crippen molar-refractivity contribution < 1.29 is 14.3 Å². The van der Waals surface area contributed by atoms with Gasteiger partial charge in [0.25, 0.3) is 5.91 Å². The lowest BCUT2D eigenvalue weighted by atomic mass is 10.1. The number of hydrogen-bond donors (Lipinski definition) is 1. The molecule has 7 nitrogen and oxygen atoms in total. The van der Waals surface area contributed by atoms with Crippen LogP contribution < -0.4 is 10.2 Å². The molecule has 0 aliphatic rings. The van der Waals surface area contributed by atoms with Gasteiger partial charge in [0.2, 0.25) is 0 Å². The molecule has 0 saturated carbocycles. The molecule has 3 rings (SSSR count). The van der Waals surface area contributed by atoms with E-state index in [0.717, 1.165) is 12.1 Å². The molecule has 7 heteroatoms. The Labute approximate surface area is 169 Å².